The summed E-state index contributed by atoms with van der Waals surface area (Å²) in [5.74, 6) is 0. The van der Waals surface area contributed by atoms with Crippen LogP contribution in [0.4, 0.5) is 0 Å². The lowest BCUT2D eigenvalue weighted by atomic mass is 9.99. The zero-order valence-corrected chi connectivity index (χ0v) is 9.50. The van der Waals surface area contributed by atoms with Crippen molar-refractivity contribution in [2.24, 2.45) is 0 Å². The molecule has 0 bridgehead atoms. The number of sulfone groups is 1. The highest BCUT2D eigenvalue weighted by atomic mass is 32.2. The van der Waals surface area contributed by atoms with Gasteiger partial charge in [-0.05, 0) is 33.3 Å². The molecule has 0 amide bonds. The van der Waals surface area contributed by atoms with E-state index in [9.17, 15) is 13.5 Å². The van der Waals surface area contributed by atoms with Crippen LogP contribution in [-0.4, -0.2) is 24.4 Å². The molecule has 2 atom stereocenters. The molecule has 0 fully saturated rings. The van der Waals surface area contributed by atoms with Gasteiger partial charge in [0.25, 0.3) is 0 Å². The first kappa shape index (κ1) is 11.5. The first-order valence-electron chi connectivity index (χ1n) is 4.54. The van der Waals surface area contributed by atoms with Crippen LogP contribution in [0.1, 0.15) is 27.2 Å². The van der Waals surface area contributed by atoms with Crippen molar-refractivity contribution in [3.05, 3.63) is 23.1 Å². The molecule has 1 aliphatic rings. The molecule has 0 saturated heterocycles. The van der Waals surface area contributed by atoms with Crippen LogP contribution in [0, 0.1) is 0 Å². The van der Waals surface area contributed by atoms with Gasteiger partial charge in [0.15, 0.2) is 9.84 Å². The van der Waals surface area contributed by atoms with Crippen molar-refractivity contribution < 1.29 is 13.5 Å². The summed E-state index contributed by atoms with van der Waals surface area (Å²) in [4.78, 5) is 0. The second-order valence-electron chi connectivity index (χ2n) is 4.12. The van der Waals surface area contributed by atoms with Crippen LogP contribution in [0.5, 0.6) is 0 Å². The first-order valence-corrected chi connectivity index (χ1v) is 6.15. The Morgan fingerprint density at radius 3 is 2.50 bits per heavy atom. The molecular formula is C10H16O3S. The number of hydrogen-bond donors (Lipinski definition) is 1. The Morgan fingerprint density at radius 2 is 2.14 bits per heavy atom. The molecular weight excluding hydrogens is 200 g/mol. The molecule has 1 rings (SSSR count). The van der Waals surface area contributed by atoms with Crippen molar-refractivity contribution in [3.8, 4) is 0 Å². The van der Waals surface area contributed by atoms with Gasteiger partial charge < -0.3 is 5.11 Å². The van der Waals surface area contributed by atoms with E-state index < -0.39 is 20.7 Å². The average molecular weight is 216 g/mol. The second-order valence-corrected chi connectivity index (χ2v) is 6.14. The maximum absolute atomic E-state index is 11.5. The monoisotopic (exact) mass is 216 g/mol. The molecule has 3 nitrogen and oxygen atoms in total. The molecule has 0 aromatic heterocycles. The van der Waals surface area contributed by atoms with Crippen LogP contribution in [0.15, 0.2) is 23.1 Å². The molecule has 1 N–H and O–H groups in total. The Labute approximate surface area is 85.1 Å². The fraction of sp³-hybridized carbons (Fsp3) is 0.600. The molecule has 2 unspecified atom stereocenters. The van der Waals surface area contributed by atoms with Crippen molar-refractivity contribution in [1.29, 1.82) is 0 Å². The average Bonchev–Trinajstić information content (AvgIpc) is 2.19. The Hall–Kier alpha value is -0.610. The summed E-state index contributed by atoms with van der Waals surface area (Å²) >= 11 is 0. The maximum atomic E-state index is 11.5. The lowest BCUT2D eigenvalue weighted by molar-refractivity contribution is 0.110. The van der Waals surface area contributed by atoms with Gasteiger partial charge in [0, 0.05) is 5.41 Å². The molecule has 4 heteroatoms. The lowest BCUT2D eigenvalue weighted by Gasteiger charge is -2.22. The van der Waals surface area contributed by atoms with E-state index in [2.05, 4.69) is 0 Å². The molecule has 1 aliphatic heterocycles. The van der Waals surface area contributed by atoms with Gasteiger partial charge in [-0.1, -0.05) is 11.6 Å². The SMILES string of the molecule is CC(C)=CCC1C(C)(O)C=CS1(=O)=O. The van der Waals surface area contributed by atoms with Gasteiger partial charge in [-0.25, -0.2) is 8.42 Å². The van der Waals surface area contributed by atoms with E-state index in [0.717, 1.165) is 11.0 Å². The summed E-state index contributed by atoms with van der Waals surface area (Å²) in [6.45, 7) is 5.34. The van der Waals surface area contributed by atoms with Crippen molar-refractivity contribution in [2.75, 3.05) is 0 Å². The van der Waals surface area contributed by atoms with Crippen LogP contribution < -0.4 is 0 Å². The van der Waals surface area contributed by atoms with Crippen LogP contribution in [0.3, 0.4) is 0 Å². The third-order valence-corrected chi connectivity index (χ3v) is 4.36. The molecule has 0 spiro atoms. The highest BCUT2D eigenvalue weighted by Gasteiger charge is 2.42. The number of rotatable bonds is 2. The van der Waals surface area contributed by atoms with Crippen LogP contribution in [0.25, 0.3) is 0 Å². The molecule has 0 saturated carbocycles. The van der Waals surface area contributed by atoms with Crippen molar-refractivity contribution in [1.82, 2.24) is 0 Å². The van der Waals surface area contributed by atoms with Gasteiger partial charge in [-0.2, -0.15) is 0 Å². The number of aliphatic hydroxyl groups is 1. The van der Waals surface area contributed by atoms with E-state index in [-0.39, 0.29) is 0 Å². The highest BCUT2D eigenvalue weighted by molar-refractivity contribution is 7.95. The van der Waals surface area contributed by atoms with Gasteiger partial charge in [-0.3, -0.25) is 0 Å². The molecule has 14 heavy (non-hydrogen) atoms. The van der Waals surface area contributed by atoms with E-state index in [1.807, 2.05) is 19.9 Å². The van der Waals surface area contributed by atoms with Crippen LogP contribution in [0.2, 0.25) is 0 Å². The standard InChI is InChI=1S/C10H16O3S/c1-8(2)4-5-9-10(3,11)6-7-14(9,12)13/h4,6-7,9,11H,5H2,1-3H3. The Balaban J connectivity index is 2.92. The van der Waals surface area contributed by atoms with Gasteiger partial charge in [-0.15, -0.1) is 0 Å². The summed E-state index contributed by atoms with van der Waals surface area (Å²) < 4.78 is 23.0. The fourth-order valence-corrected chi connectivity index (χ4v) is 3.25. The van der Waals surface area contributed by atoms with Crippen LogP contribution >= 0.6 is 0 Å². The van der Waals surface area contributed by atoms with Gasteiger partial charge in [0.05, 0.1) is 5.60 Å². The van der Waals surface area contributed by atoms with E-state index in [1.165, 1.54) is 13.0 Å². The topological polar surface area (TPSA) is 54.4 Å². The zero-order valence-electron chi connectivity index (χ0n) is 8.69. The van der Waals surface area contributed by atoms with Gasteiger partial charge >= 0.3 is 0 Å². The second kappa shape index (κ2) is 3.51. The third-order valence-electron chi connectivity index (χ3n) is 2.38. The highest BCUT2D eigenvalue weighted by Crippen LogP contribution is 2.30. The molecule has 0 radical (unpaired) electrons. The van der Waals surface area contributed by atoms with E-state index >= 15 is 0 Å². The molecule has 1 heterocycles. The van der Waals surface area contributed by atoms with E-state index in [1.54, 1.807) is 0 Å². The molecule has 80 valence electrons. The quantitative estimate of drug-likeness (QED) is 0.710. The Bertz CT molecular complexity index is 370. The van der Waals surface area contributed by atoms with Crippen molar-refractivity contribution in [2.45, 2.75) is 38.0 Å². The minimum atomic E-state index is -3.27. The van der Waals surface area contributed by atoms with Crippen molar-refractivity contribution in [3.63, 3.8) is 0 Å². The smallest absolute Gasteiger partial charge is 0.177 e. The maximum Gasteiger partial charge on any atom is 0.177 e. The molecule has 0 aromatic rings. The van der Waals surface area contributed by atoms with E-state index in [0.29, 0.717) is 6.42 Å². The minimum Gasteiger partial charge on any atom is -0.385 e. The molecule has 0 aromatic carbocycles. The summed E-state index contributed by atoms with van der Waals surface area (Å²) in [7, 11) is -3.27. The summed E-state index contributed by atoms with van der Waals surface area (Å²) in [5.41, 5.74) is -0.173. The summed E-state index contributed by atoms with van der Waals surface area (Å²) in [6.07, 6.45) is 3.56. The number of allylic oxidation sites excluding steroid dienone is 2. The summed E-state index contributed by atoms with van der Waals surface area (Å²) in [6, 6.07) is 0. The lowest BCUT2D eigenvalue weighted by Crippen LogP contribution is -2.37. The van der Waals surface area contributed by atoms with E-state index in [4.69, 9.17) is 0 Å². The normalized spacial score (nSPS) is 34.4. The Kier molecular flexibility index (Phi) is 2.88. The van der Waals surface area contributed by atoms with Crippen LogP contribution in [-0.2, 0) is 9.84 Å². The predicted octanol–water partition coefficient (Wildman–Crippen LogP) is 1.40. The fourth-order valence-electron chi connectivity index (χ4n) is 1.48. The summed E-state index contributed by atoms with van der Waals surface area (Å²) in [5, 5.41) is 10.2. The molecule has 0 aliphatic carbocycles. The van der Waals surface area contributed by atoms with Gasteiger partial charge in [0.1, 0.15) is 5.25 Å². The van der Waals surface area contributed by atoms with Gasteiger partial charge in [0.2, 0.25) is 0 Å². The largest absolute Gasteiger partial charge is 0.385 e. The first-order chi connectivity index (χ1) is 6.26. The zero-order chi connectivity index (χ0) is 11.0. The third kappa shape index (κ3) is 2.25. The van der Waals surface area contributed by atoms with Crippen molar-refractivity contribution >= 4 is 9.84 Å². The minimum absolute atomic E-state index is 0.366. The Morgan fingerprint density at radius 1 is 1.57 bits per heavy atom. The number of hydrogen-bond acceptors (Lipinski definition) is 3. The predicted molar refractivity (Wildman–Crippen MR) is 56.5 cm³/mol.